The summed E-state index contributed by atoms with van der Waals surface area (Å²) < 4.78 is 24.7. The van der Waals surface area contributed by atoms with Gasteiger partial charge < -0.3 is 5.32 Å². The van der Waals surface area contributed by atoms with Crippen LogP contribution in [0.15, 0.2) is 6.07 Å². The number of nitrogens with zero attached hydrogens (tertiary/aromatic N) is 2. The summed E-state index contributed by atoms with van der Waals surface area (Å²) in [6.07, 6.45) is 1.66. The minimum atomic E-state index is -3.21. The highest BCUT2D eigenvalue weighted by molar-refractivity contribution is 7.89. The van der Waals surface area contributed by atoms with Gasteiger partial charge in [0.05, 0.1) is 5.75 Å². The Bertz CT molecular complexity index is 493. The van der Waals surface area contributed by atoms with E-state index in [-0.39, 0.29) is 12.3 Å². The summed E-state index contributed by atoms with van der Waals surface area (Å²) in [5.74, 6) is 1.18. The maximum absolute atomic E-state index is 11.2. The number of aromatic nitrogens is 2. The van der Waals surface area contributed by atoms with Gasteiger partial charge in [0.15, 0.2) is 0 Å². The molecule has 0 saturated heterocycles. The van der Waals surface area contributed by atoms with Crippen LogP contribution in [-0.4, -0.2) is 37.7 Å². The molecule has 0 aliphatic rings. The van der Waals surface area contributed by atoms with Gasteiger partial charge in [0, 0.05) is 19.0 Å². The van der Waals surface area contributed by atoms with Crippen molar-refractivity contribution in [3.05, 3.63) is 17.0 Å². The number of rotatable bonds is 7. The van der Waals surface area contributed by atoms with Crippen LogP contribution in [0.3, 0.4) is 0 Å². The molecule has 18 heavy (non-hydrogen) atoms. The molecule has 0 unspecified atom stereocenters. The maximum atomic E-state index is 11.2. The zero-order chi connectivity index (χ0) is 13.6. The second-order valence-corrected chi connectivity index (χ2v) is 6.13. The first-order valence-electron chi connectivity index (χ1n) is 5.65. The highest BCUT2D eigenvalue weighted by atomic mass is 35.5. The molecule has 2 N–H and O–H groups in total. The molecule has 0 aromatic carbocycles. The van der Waals surface area contributed by atoms with Gasteiger partial charge in [-0.15, -0.1) is 0 Å². The Morgan fingerprint density at radius 2 is 2.11 bits per heavy atom. The lowest BCUT2D eigenvalue weighted by atomic mass is 10.3. The van der Waals surface area contributed by atoms with E-state index in [0.717, 1.165) is 12.8 Å². The SMILES string of the molecule is CCCc1nc(Cl)cc(NCCS(=O)(=O)NC)n1. The zero-order valence-electron chi connectivity index (χ0n) is 10.4. The molecule has 1 rings (SSSR count). The van der Waals surface area contributed by atoms with E-state index < -0.39 is 10.0 Å². The fraction of sp³-hybridized carbons (Fsp3) is 0.600. The number of nitrogens with one attached hydrogen (secondary N) is 2. The van der Waals surface area contributed by atoms with Crippen molar-refractivity contribution in [2.75, 3.05) is 24.7 Å². The van der Waals surface area contributed by atoms with Crippen LogP contribution in [0.2, 0.25) is 5.15 Å². The van der Waals surface area contributed by atoms with Crippen LogP contribution in [0.4, 0.5) is 5.82 Å². The van der Waals surface area contributed by atoms with Gasteiger partial charge in [0.2, 0.25) is 10.0 Å². The molecule has 0 radical (unpaired) electrons. The Morgan fingerprint density at radius 3 is 2.72 bits per heavy atom. The first-order valence-corrected chi connectivity index (χ1v) is 7.68. The zero-order valence-corrected chi connectivity index (χ0v) is 12.0. The molecule has 0 bridgehead atoms. The smallest absolute Gasteiger partial charge is 0.213 e. The summed E-state index contributed by atoms with van der Waals surface area (Å²) in [6, 6.07) is 1.58. The Kier molecular flexibility index (Phi) is 5.77. The molecule has 1 aromatic rings. The third-order valence-corrected chi connectivity index (χ3v) is 3.76. The predicted molar refractivity (Wildman–Crippen MR) is 72.4 cm³/mol. The first kappa shape index (κ1) is 15.1. The summed E-state index contributed by atoms with van der Waals surface area (Å²) in [5.41, 5.74) is 0. The molecule has 0 aliphatic heterocycles. The molecule has 0 saturated carbocycles. The van der Waals surface area contributed by atoms with Crippen molar-refractivity contribution in [3.8, 4) is 0 Å². The highest BCUT2D eigenvalue weighted by Crippen LogP contribution is 2.12. The van der Waals surface area contributed by atoms with Gasteiger partial charge in [-0.1, -0.05) is 18.5 Å². The van der Waals surface area contributed by atoms with Crippen molar-refractivity contribution in [2.24, 2.45) is 0 Å². The van der Waals surface area contributed by atoms with Crippen LogP contribution in [0.5, 0.6) is 0 Å². The fourth-order valence-corrected chi connectivity index (χ4v) is 2.08. The monoisotopic (exact) mass is 292 g/mol. The van der Waals surface area contributed by atoms with Crippen LogP contribution >= 0.6 is 11.6 Å². The number of hydrogen-bond donors (Lipinski definition) is 2. The second kappa shape index (κ2) is 6.86. The quantitative estimate of drug-likeness (QED) is 0.734. The topological polar surface area (TPSA) is 84.0 Å². The lowest BCUT2D eigenvalue weighted by Gasteiger charge is -2.07. The van der Waals surface area contributed by atoms with E-state index in [4.69, 9.17) is 11.6 Å². The Morgan fingerprint density at radius 1 is 1.39 bits per heavy atom. The molecule has 0 amide bonds. The van der Waals surface area contributed by atoms with Gasteiger partial charge in [-0.2, -0.15) is 0 Å². The van der Waals surface area contributed by atoms with Gasteiger partial charge in [-0.25, -0.2) is 23.1 Å². The second-order valence-electron chi connectivity index (χ2n) is 3.69. The molecule has 6 nitrogen and oxygen atoms in total. The number of halogens is 1. The lowest BCUT2D eigenvalue weighted by molar-refractivity contribution is 0.588. The normalized spacial score (nSPS) is 11.5. The standard InChI is InChI=1S/C10H17ClN4O2S/c1-3-4-9-14-8(11)7-10(15-9)13-5-6-18(16,17)12-2/h7,12H,3-6H2,1-2H3,(H,13,14,15). The van der Waals surface area contributed by atoms with Crippen molar-refractivity contribution in [3.63, 3.8) is 0 Å². The largest absolute Gasteiger partial charge is 0.369 e. The van der Waals surface area contributed by atoms with Crippen molar-refractivity contribution in [2.45, 2.75) is 19.8 Å². The summed E-state index contributed by atoms with van der Waals surface area (Å²) in [5, 5.41) is 3.27. The number of aryl methyl sites for hydroxylation is 1. The highest BCUT2D eigenvalue weighted by Gasteiger charge is 2.07. The summed E-state index contributed by atoms with van der Waals surface area (Å²) in [4.78, 5) is 8.33. The fourth-order valence-electron chi connectivity index (χ4n) is 1.31. The van der Waals surface area contributed by atoms with Gasteiger partial charge >= 0.3 is 0 Å². The molecule has 0 spiro atoms. The molecular weight excluding hydrogens is 276 g/mol. The van der Waals surface area contributed by atoms with Gasteiger partial charge in [0.25, 0.3) is 0 Å². The molecule has 1 aromatic heterocycles. The van der Waals surface area contributed by atoms with E-state index in [0.29, 0.717) is 16.8 Å². The van der Waals surface area contributed by atoms with Crippen LogP contribution in [0, 0.1) is 0 Å². The lowest BCUT2D eigenvalue weighted by Crippen LogP contribution is -2.26. The van der Waals surface area contributed by atoms with Gasteiger partial charge in [-0.05, 0) is 13.5 Å². The van der Waals surface area contributed by atoms with Crippen LogP contribution < -0.4 is 10.0 Å². The average Bonchev–Trinajstić information content (AvgIpc) is 2.28. The van der Waals surface area contributed by atoms with Crippen LogP contribution in [-0.2, 0) is 16.4 Å². The Balaban J connectivity index is 2.62. The molecular formula is C10H17ClN4O2S. The van der Waals surface area contributed by atoms with E-state index in [1.165, 1.54) is 7.05 Å². The average molecular weight is 293 g/mol. The van der Waals surface area contributed by atoms with Gasteiger partial charge in [0.1, 0.15) is 16.8 Å². The third kappa shape index (κ3) is 5.16. The van der Waals surface area contributed by atoms with Crippen molar-refractivity contribution < 1.29 is 8.42 Å². The molecule has 1 heterocycles. The van der Waals surface area contributed by atoms with Gasteiger partial charge in [-0.3, -0.25) is 0 Å². The maximum Gasteiger partial charge on any atom is 0.213 e. The van der Waals surface area contributed by atoms with E-state index >= 15 is 0 Å². The molecule has 0 fully saturated rings. The number of hydrogen-bond acceptors (Lipinski definition) is 5. The molecule has 0 aliphatic carbocycles. The predicted octanol–water partition coefficient (Wildman–Crippen LogP) is 1.04. The minimum absolute atomic E-state index is 0.0196. The van der Waals surface area contributed by atoms with Crippen molar-refractivity contribution in [1.82, 2.24) is 14.7 Å². The summed E-state index contributed by atoms with van der Waals surface area (Å²) in [6.45, 7) is 2.29. The number of sulfonamides is 1. The third-order valence-electron chi connectivity index (χ3n) is 2.20. The minimum Gasteiger partial charge on any atom is -0.369 e. The van der Waals surface area contributed by atoms with E-state index in [1.54, 1.807) is 6.07 Å². The van der Waals surface area contributed by atoms with E-state index in [1.807, 2.05) is 6.92 Å². The molecule has 102 valence electrons. The van der Waals surface area contributed by atoms with E-state index in [9.17, 15) is 8.42 Å². The first-order chi connectivity index (χ1) is 8.46. The Labute approximate surface area is 112 Å². The van der Waals surface area contributed by atoms with Crippen LogP contribution in [0.25, 0.3) is 0 Å². The Hall–Kier alpha value is -0.920. The van der Waals surface area contributed by atoms with Crippen molar-refractivity contribution >= 4 is 27.4 Å². The summed E-state index contributed by atoms with van der Waals surface area (Å²) >= 11 is 5.86. The van der Waals surface area contributed by atoms with Crippen molar-refractivity contribution in [1.29, 1.82) is 0 Å². The summed E-state index contributed by atoms with van der Waals surface area (Å²) in [7, 11) is -1.82. The van der Waals surface area contributed by atoms with Crippen LogP contribution in [0.1, 0.15) is 19.2 Å². The molecule has 8 heteroatoms. The number of anilines is 1. The molecule has 0 atom stereocenters. The van der Waals surface area contributed by atoms with E-state index in [2.05, 4.69) is 20.0 Å².